The number of rotatable bonds is 22. The topological polar surface area (TPSA) is 167 Å². The Morgan fingerprint density at radius 3 is 2.07 bits per heavy atom. The van der Waals surface area contributed by atoms with Gasteiger partial charge in [0, 0.05) is 37.0 Å². The van der Waals surface area contributed by atoms with Crippen LogP contribution in [0, 0.1) is 0 Å². The van der Waals surface area contributed by atoms with Crippen LogP contribution in [-0.2, 0) is 9.47 Å². The van der Waals surface area contributed by atoms with Gasteiger partial charge in [0.25, 0.3) is 5.91 Å². The first-order chi connectivity index (χ1) is 21.1. The van der Waals surface area contributed by atoms with Crippen LogP contribution in [-0.4, -0.2) is 87.7 Å². The summed E-state index contributed by atoms with van der Waals surface area (Å²) in [6.07, 6.45) is 4.20. The van der Waals surface area contributed by atoms with Gasteiger partial charge in [-0.25, -0.2) is 0 Å². The lowest BCUT2D eigenvalue weighted by atomic mass is 10.2. The van der Waals surface area contributed by atoms with E-state index in [2.05, 4.69) is 36.2 Å². The minimum absolute atomic E-state index is 0.118. The molecule has 0 saturated carbocycles. The maximum atomic E-state index is 12.0. The fraction of sp³-hybridized carbons (Fsp3) is 0.467. The number of nitrogens with one attached hydrogen (secondary N) is 4. The quantitative estimate of drug-likeness (QED) is 0.107. The van der Waals surface area contributed by atoms with Crippen LogP contribution >= 0.6 is 0 Å². The number of hydrogen-bond acceptors (Lipinski definition) is 12. The van der Waals surface area contributed by atoms with E-state index in [1.54, 1.807) is 26.4 Å². The third kappa shape index (κ3) is 12.7. The van der Waals surface area contributed by atoms with Gasteiger partial charge in [0.05, 0.1) is 40.6 Å². The van der Waals surface area contributed by atoms with Crippen LogP contribution < -0.4 is 36.5 Å². The summed E-state index contributed by atoms with van der Waals surface area (Å²) < 4.78 is 21.9. The molecule has 0 unspecified atom stereocenters. The minimum Gasteiger partial charge on any atom is -0.493 e. The summed E-state index contributed by atoms with van der Waals surface area (Å²) in [5, 5.41) is 12.5. The van der Waals surface area contributed by atoms with E-state index in [0.29, 0.717) is 81.0 Å². The molecule has 2 aromatic carbocycles. The van der Waals surface area contributed by atoms with Gasteiger partial charge in [-0.3, -0.25) is 4.79 Å². The van der Waals surface area contributed by atoms with Crippen molar-refractivity contribution < 1.29 is 23.7 Å². The van der Waals surface area contributed by atoms with Gasteiger partial charge in [-0.15, -0.1) is 0 Å². The molecule has 0 radical (unpaired) electrons. The lowest BCUT2D eigenvalue weighted by Gasteiger charge is -2.13. The fourth-order valence-corrected chi connectivity index (χ4v) is 3.94. The summed E-state index contributed by atoms with van der Waals surface area (Å²) >= 11 is 0. The Labute approximate surface area is 253 Å². The van der Waals surface area contributed by atoms with Gasteiger partial charge < -0.3 is 45.9 Å². The molecule has 234 valence electrons. The third-order valence-electron chi connectivity index (χ3n) is 6.16. The Morgan fingerprint density at radius 2 is 1.37 bits per heavy atom. The van der Waals surface area contributed by atoms with E-state index in [1.165, 1.54) is 0 Å². The molecule has 3 aromatic rings. The SMILES string of the molecule is COc1ccc(Nc2nc(NCCCCCCN)nc(NCCOCCOCCNC(=O)c3ccccc3)n2)cc1OC. The normalized spacial score (nSPS) is 10.7. The molecule has 1 heterocycles. The number of unbranched alkanes of at least 4 members (excludes halogenated alkanes) is 3. The monoisotopic (exact) mass is 596 g/mol. The zero-order valence-electron chi connectivity index (χ0n) is 25.1. The second-order valence-corrected chi connectivity index (χ2v) is 9.40. The Balaban J connectivity index is 1.42. The number of nitrogens with two attached hydrogens (primary N) is 1. The van der Waals surface area contributed by atoms with Gasteiger partial charge in [0.2, 0.25) is 17.8 Å². The van der Waals surface area contributed by atoms with Gasteiger partial charge in [-0.1, -0.05) is 31.0 Å². The number of nitrogens with zero attached hydrogens (tertiary/aromatic N) is 3. The number of benzene rings is 2. The molecule has 0 aliphatic rings. The van der Waals surface area contributed by atoms with Gasteiger partial charge in [0.15, 0.2) is 11.5 Å². The molecule has 13 heteroatoms. The van der Waals surface area contributed by atoms with Crippen LogP contribution in [0.3, 0.4) is 0 Å². The van der Waals surface area contributed by atoms with Crippen LogP contribution in [0.15, 0.2) is 48.5 Å². The van der Waals surface area contributed by atoms with E-state index in [-0.39, 0.29) is 5.91 Å². The van der Waals surface area contributed by atoms with Crippen molar-refractivity contribution in [1.82, 2.24) is 20.3 Å². The third-order valence-corrected chi connectivity index (χ3v) is 6.16. The Hall–Kier alpha value is -4.20. The predicted octanol–water partition coefficient (Wildman–Crippen LogP) is 3.44. The smallest absolute Gasteiger partial charge is 0.251 e. The summed E-state index contributed by atoms with van der Waals surface area (Å²) in [4.78, 5) is 25.6. The van der Waals surface area contributed by atoms with Crippen LogP contribution in [0.1, 0.15) is 36.0 Å². The van der Waals surface area contributed by atoms with E-state index in [1.807, 2.05) is 36.4 Å². The second kappa shape index (κ2) is 19.8. The molecule has 0 bridgehead atoms. The van der Waals surface area contributed by atoms with Crippen LogP contribution in [0.2, 0.25) is 0 Å². The van der Waals surface area contributed by atoms with Gasteiger partial charge in [-0.05, 0) is 43.7 Å². The van der Waals surface area contributed by atoms with E-state index in [9.17, 15) is 4.79 Å². The number of aromatic nitrogens is 3. The highest BCUT2D eigenvalue weighted by molar-refractivity contribution is 5.94. The number of ether oxygens (including phenoxy) is 4. The number of amides is 1. The van der Waals surface area contributed by atoms with Gasteiger partial charge >= 0.3 is 0 Å². The van der Waals surface area contributed by atoms with Crippen LogP contribution in [0.5, 0.6) is 11.5 Å². The molecule has 6 N–H and O–H groups in total. The Kier molecular flexibility index (Phi) is 15.4. The van der Waals surface area contributed by atoms with Crippen molar-refractivity contribution in [1.29, 1.82) is 0 Å². The number of methoxy groups -OCH3 is 2. The molecule has 0 aliphatic heterocycles. The lowest BCUT2D eigenvalue weighted by Crippen LogP contribution is -2.27. The maximum Gasteiger partial charge on any atom is 0.251 e. The highest BCUT2D eigenvalue weighted by Gasteiger charge is 2.10. The van der Waals surface area contributed by atoms with Crippen molar-refractivity contribution in [3.05, 3.63) is 54.1 Å². The molecule has 0 spiro atoms. The molecule has 1 amide bonds. The number of anilines is 4. The number of carbonyl (C=O) groups excluding carboxylic acids is 1. The van der Waals surface area contributed by atoms with Crippen molar-refractivity contribution in [2.75, 3.05) is 82.8 Å². The molecule has 13 nitrogen and oxygen atoms in total. The highest BCUT2D eigenvalue weighted by Crippen LogP contribution is 2.30. The van der Waals surface area contributed by atoms with Crippen molar-refractivity contribution in [2.24, 2.45) is 5.73 Å². The largest absolute Gasteiger partial charge is 0.493 e. The molecule has 3 rings (SSSR count). The zero-order chi connectivity index (χ0) is 30.5. The molecule has 43 heavy (non-hydrogen) atoms. The van der Waals surface area contributed by atoms with Crippen LogP contribution in [0.25, 0.3) is 0 Å². The van der Waals surface area contributed by atoms with E-state index in [4.69, 9.17) is 24.7 Å². The van der Waals surface area contributed by atoms with Gasteiger partial charge in [-0.2, -0.15) is 15.0 Å². The molecule has 0 atom stereocenters. The first-order valence-corrected chi connectivity index (χ1v) is 14.5. The van der Waals surface area contributed by atoms with Crippen molar-refractivity contribution >= 4 is 29.4 Å². The molecule has 0 saturated heterocycles. The molecular weight excluding hydrogens is 552 g/mol. The van der Waals surface area contributed by atoms with Crippen molar-refractivity contribution in [3.8, 4) is 11.5 Å². The summed E-state index contributed by atoms with van der Waals surface area (Å²) in [6, 6.07) is 14.6. The fourth-order valence-electron chi connectivity index (χ4n) is 3.94. The maximum absolute atomic E-state index is 12.0. The summed E-state index contributed by atoms with van der Waals surface area (Å²) in [6.45, 7) is 4.06. The first-order valence-electron chi connectivity index (χ1n) is 14.5. The lowest BCUT2D eigenvalue weighted by molar-refractivity contribution is 0.0519. The Morgan fingerprint density at radius 1 is 0.721 bits per heavy atom. The number of carbonyl (C=O) groups is 1. The molecule has 1 aromatic heterocycles. The average molecular weight is 597 g/mol. The summed E-state index contributed by atoms with van der Waals surface area (Å²) in [5.41, 5.74) is 6.95. The van der Waals surface area contributed by atoms with Crippen molar-refractivity contribution in [2.45, 2.75) is 25.7 Å². The standard InChI is InChI=1S/C30H44N8O5/c1-40-25-13-12-24(22-26(25)41-2)35-30-37-28(33-15-9-4-3-8-14-31)36-29(38-30)34-17-19-43-21-20-42-18-16-32-27(39)23-10-6-5-7-11-23/h5-7,10-13,22H,3-4,8-9,14-21,31H2,1-2H3,(H,32,39)(H3,33,34,35,36,37,38). The summed E-state index contributed by atoms with van der Waals surface area (Å²) in [5.74, 6) is 2.36. The molecule has 0 fully saturated rings. The van der Waals surface area contributed by atoms with Gasteiger partial charge in [0.1, 0.15) is 0 Å². The van der Waals surface area contributed by atoms with Crippen LogP contribution in [0.4, 0.5) is 23.5 Å². The predicted molar refractivity (Wildman–Crippen MR) is 168 cm³/mol. The van der Waals surface area contributed by atoms with E-state index in [0.717, 1.165) is 37.9 Å². The highest BCUT2D eigenvalue weighted by atomic mass is 16.5. The number of hydrogen-bond donors (Lipinski definition) is 5. The molecular formula is C30H44N8O5. The average Bonchev–Trinajstić information content (AvgIpc) is 3.03. The second-order valence-electron chi connectivity index (χ2n) is 9.40. The molecule has 0 aliphatic carbocycles. The van der Waals surface area contributed by atoms with Crippen molar-refractivity contribution in [3.63, 3.8) is 0 Å². The minimum atomic E-state index is -0.118. The first kappa shape index (κ1) is 33.3. The van der Waals surface area contributed by atoms with E-state index >= 15 is 0 Å². The zero-order valence-corrected chi connectivity index (χ0v) is 25.1. The Bertz CT molecular complexity index is 1220. The summed E-state index contributed by atoms with van der Waals surface area (Å²) in [7, 11) is 3.18. The van der Waals surface area contributed by atoms with E-state index < -0.39 is 0 Å².